The van der Waals surface area contributed by atoms with E-state index < -0.39 is 0 Å². The van der Waals surface area contributed by atoms with Crippen LogP contribution in [0.3, 0.4) is 0 Å². The lowest BCUT2D eigenvalue weighted by Crippen LogP contribution is -2.42. The average Bonchev–Trinajstić information content (AvgIpc) is 2.68. The largest absolute Gasteiger partial charge is 0.493 e. The topological polar surface area (TPSA) is 60.0 Å². The van der Waals surface area contributed by atoms with Gasteiger partial charge in [-0.2, -0.15) is 0 Å². The highest BCUT2D eigenvalue weighted by atomic mass is 35.5. The number of ether oxygens (including phenoxy) is 3. The molecule has 0 aliphatic carbocycles. The molecule has 0 radical (unpaired) electrons. The van der Waals surface area contributed by atoms with E-state index in [1.807, 2.05) is 24.3 Å². The molecular weight excluding hydrogens is 368 g/mol. The predicted molar refractivity (Wildman–Crippen MR) is 105 cm³/mol. The van der Waals surface area contributed by atoms with E-state index in [1.54, 1.807) is 32.4 Å². The fourth-order valence-corrected chi connectivity index (χ4v) is 3.17. The Bertz CT molecular complexity index is 782. The molecule has 1 saturated heterocycles. The number of anilines is 1. The minimum Gasteiger partial charge on any atom is -0.493 e. The summed E-state index contributed by atoms with van der Waals surface area (Å²) in [4.78, 5) is 14.5. The Hall–Kier alpha value is -2.28. The van der Waals surface area contributed by atoms with Gasteiger partial charge in [0, 0.05) is 29.9 Å². The highest BCUT2D eigenvalue weighted by Crippen LogP contribution is 2.30. The van der Waals surface area contributed by atoms with Crippen molar-refractivity contribution in [2.24, 2.45) is 0 Å². The molecule has 0 bridgehead atoms. The normalized spacial score (nSPS) is 17.4. The average molecular weight is 391 g/mol. The first-order valence-electron chi connectivity index (χ1n) is 8.70. The summed E-state index contributed by atoms with van der Waals surface area (Å²) >= 11 is 5.94. The van der Waals surface area contributed by atoms with Crippen molar-refractivity contribution < 1.29 is 19.0 Å². The minimum atomic E-state index is -0.0843. The SMILES string of the molecule is COc1ccc(NC(=O)CN2CCOC(c3ccc(Cl)cc3)C2)cc1OC. The highest BCUT2D eigenvalue weighted by Gasteiger charge is 2.23. The zero-order chi connectivity index (χ0) is 19.2. The number of nitrogens with zero attached hydrogens (tertiary/aromatic N) is 1. The lowest BCUT2D eigenvalue weighted by molar-refractivity contribution is -0.119. The molecule has 7 heteroatoms. The lowest BCUT2D eigenvalue weighted by atomic mass is 10.1. The third kappa shape index (κ3) is 5.13. The maximum absolute atomic E-state index is 12.4. The molecule has 1 heterocycles. The van der Waals surface area contributed by atoms with Gasteiger partial charge in [-0.15, -0.1) is 0 Å². The molecule has 6 nitrogen and oxygen atoms in total. The lowest BCUT2D eigenvalue weighted by Gasteiger charge is -2.32. The second-order valence-corrected chi connectivity index (χ2v) is 6.70. The summed E-state index contributed by atoms with van der Waals surface area (Å²) < 4.78 is 16.3. The molecule has 0 saturated carbocycles. The summed E-state index contributed by atoms with van der Waals surface area (Å²) in [5, 5.41) is 3.60. The molecule has 1 fully saturated rings. The van der Waals surface area contributed by atoms with Gasteiger partial charge in [0.25, 0.3) is 0 Å². The molecule has 1 atom stereocenters. The summed E-state index contributed by atoms with van der Waals surface area (Å²) in [6.45, 7) is 2.24. The van der Waals surface area contributed by atoms with Crippen LogP contribution < -0.4 is 14.8 Å². The number of halogens is 1. The van der Waals surface area contributed by atoms with Crippen LogP contribution in [0.5, 0.6) is 11.5 Å². The van der Waals surface area contributed by atoms with Crippen molar-refractivity contribution in [3.05, 3.63) is 53.1 Å². The van der Waals surface area contributed by atoms with Gasteiger partial charge in [0.1, 0.15) is 0 Å². The van der Waals surface area contributed by atoms with E-state index in [2.05, 4.69) is 10.2 Å². The zero-order valence-corrected chi connectivity index (χ0v) is 16.2. The van der Waals surface area contributed by atoms with E-state index in [0.29, 0.717) is 48.5 Å². The Morgan fingerprint density at radius 1 is 1.19 bits per heavy atom. The second-order valence-electron chi connectivity index (χ2n) is 6.26. The van der Waals surface area contributed by atoms with Crippen molar-refractivity contribution in [1.82, 2.24) is 4.90 Å². The third-order valence-electron chi connectivity index (χ3n) is 4.43. The van der Waals surface area contributed by atoms with E-state index in [1.165, 1.54) is 0 Å². The Kier molecular flexibility index (Phi) is 6.55. The predicted octanol–water partition coefficient (Wildman–Crippen LogP) is 3.37. The first kappa shape index (κ1) is 19.5. The molecule has 1 aliphatic heterocycles. The molecule has 0 spiro atoms. The molecule has 1 N–H and O–H groups in total. The van der Waals surface area contributed by atoms with Crippen LogP contribution in [0.25, 0.3) is 0 Å². The van der Waals surface area contributed by atoms with Gasteiger partial charge in [0.15, 0.2) is 11.5 Å². The van der Waals surface area contributed by atoms with Gasteiger partial charge in [-0.05, 0) is 29.8 Å². The van der Waals surface area contributed by atoms with Crippen LogP contribution in [0.15, 0.2) is 42.5 Å². The fraction of sp³-hybridized carbons (Fsp3) is 0.350. The standard InChI is InChI=1S/C20H23ClN2O4/c1-25-17-8-7-16(11-18(17)26-2)22-20(24)13-23-9-10-27-19(12-23)14-3-5-15(21)6-4-14/h3-8,11,19H,9-10,12-13H2,1-2H3,(H,22,24). The van der Waals surface area contributed by atoms with Crippen molar-refractivity contribution in [3.8, 4) is 11.5 Å². The summed E-state index contributed by atoms with van der Waals surface area (Å²) in [6.07, 6.45) is -0.0649. The summed E-state index contributed by atoms with van der Waals surface area (Å²) in [7, 11) is 3.14. The van der Waals surface area contributed by atoms with E-state index in [4.69, 9.17) is 25.8 Å². The molecular formula is C20H23ClN2O4. The van der Waals surface area contributed by atoms with Gasteiger partial charge in [0.05, 0.1) is 33.5 Å². The van der Waals surface area contributed by atoms with Crippen molar-refractivity contribution in [2.45, 2.75) is 6.10 Å². The summed E-state index contributed by atoms with van der Waals surface area (Å²) in [6, 6.07) is 12.9. The van der Waals surface area contributed by atoms with E-state index in [0.717, 1.165) is 5.56 Å². The van der Waals surface area contributed by atoms with Gasteiger partial charge in [0.2, 0.25) is 5.91 Å². The van der Waals surface area contributed by atoms with E-state index in [-0.39, 0.29) is 12.0 Å². The molecule has 2 aromatic carbocycles. The van der Waals surface area contributed by atoms with Gasteiger partial charge < -0.3 is 19.5 Å². The molecule has 0 aromatic heterocycles. The second kappa shape index (κ2) is 9.08. The van der Waals surface area contributed by atoms with Crippen LogP contribution in [0.2, 0.25) is 5.02 Å². The number of carbonyl (C=O) groups excluding carboxylic acids is 1. The molecule has 1 amide bonds. The molecule has 144 valence electrons. The zero-order valence-electron chi connectivity index (χ0n) is 15.4. The number of benzene rings is 2. The van der Waals surface area contributed by atoms with Gasteiger partial charge >= 0.3 is 0 Å². The number of hydrogen-bond acceptors (Lipinski definition) is 5. The Morgan fingerprint density at radius 3 is 2.63 bits per heavy atom. The van der Waals surface area contributed by atoms with Crippen LogP contribution in [0, 0.1) is 0 Å². The van der Waals surface area contributed by atoms with Crippen LogP contribution in [-0.4, -0.2) is 51.3 Å². The quantitative estimate of drug-likeness (QED) is 0.819. The number of rotatable bonds is 6. The fourth-order valence-electron chi connectivity index (χ4n) is 3.04. The first-order valence-corrected chi connectivity index (χ1v) is 9.08. The van der Waals surface area contributed by atoms with Crippen molar-refractivity contribution in [3.63, 3.8) is 0 Å². The number of hydrogen-bond donors (Lipinski definition) is 1. The molecule has 1 unspecified atom stereocenters. The third-order valence-corrected chi connectivity index (χ3v) is 4.68. The number of morpholine rings is 1. The Balaban J connectivity index is 1.58. The number of carbonyl (C=O) groups is 1. The van der Waals surface area contributed by atoms with Crippen LogP contribution in [0.1, 0.15) is 11.7 Å². The molecule has 27 heavy (non-hydrogen) atoms. The maximum atomic E-state index is 12.4. The highest BCUT2D eigenvalue weighted by molar-refractivity contribution is 6.30. The van der Waals surface area contributed by atoms with Gasteiger partial charge in [-0.1, -0.05) is 23.7 Å². The van der Waals surface area contributed by atoms with Gasteiger partial charge in [-0.25, -0.2) is 0 Å². The number of amides is 1. The van der Waals surface area contributed by atoms with E-state index >= 15 is 0 Å². The van der Waals surface area contributed by atoms with Crippen LogP contribution >= 0.6 is 11.6 Å². The monoisotopic (exact) mass is 390 g/mol. The maximum Gasteiger partial charge on any atom is 0.238 e. The Morgan fingerprint density at radius 2 is 1.93 bits per heavy atom. The number of nitrogens with one attached hydrogen (secondary N) is 1. The van der Waals surface area contributed by atoms with Crippen molar-refractivity contribution in [2.75, 3.05) is 45.8 Å². The first-order chi connectivity index (χ1) is 13.1. The van der Waals surface area contributed by atoms with E-state index in [9.17, 15) is 4.79 Å². The number of methoxy groups -OCH3 is 2. The summed E-state index contributed by atoms with van der Waals surface area (Å²) in [5.74, 6) is 1.11. The van der Waals surface area contributed by atoms with Crippen molar-refractivity contribution >= 4 is 23.2 Å². The van der Waals surface area contributed by atoms with Crippen molar-refractivity contribution in [1.29, 1.82) is 0 Å². The molecule has 2 aromatic rings. The molecule has 3 rings (SSSR count). The smallest absolute Gasteiger partial charge is 0.238 e. The minimum absolute atomic E-state index is 0.0649. The molecule has 1 aliphatic rings. The summed E-state index contributed by atoms with van der Waals surface area (Å²) in [5.41, 5.74) is 1.73. The Labute approximate surface area is 164 Å². The van der Waals surface area contributed by atoms with Crippen LogP contribution in [0.4, 0.5) is 5.69 Å². The van der Waals surface area contributed by atoms with Gasteiger partial charge in [-0.3, -0.25) is 9.69 Å². The van der Waals surface area contributed by atoms with Crippen LogP contribution in [-0.2, 0) is 9.53 Å².